The minimum absolute atomic E-state index is 0.00197. The summed E-state index contributed by atoms with van der Waals surface area (Å²) in [5.74, 6) is 0.371. The average Bonchev–Trinajstić information content (AvgIpc) is 2.81. The van der Waals surface area contributed by atoms with E-state index in [4.69, 9.17) is 32.7 Å². The lowest BCUT2D eigenvalue weighted by Crippen LogP contribution is -2.41. The minimum atomic E-state index is -0.610. The number of benzene rings is 1. The van der Waals surface area contributed by atoms with Crippen LogP contribution in [0.3, 0.4) is 0 Å². The van der Waals surface area contributed by atoms with E-state index in [0.717, 1.165) is 18.4 Å². The van der Waals surface area contributed by atoms with Gasteiger partial charge in [-0.2, -0.15) is 4.98 Å². The number of alkyl carbamates (subject to hydrolysis) is 1. The Kier molecular flexibility index (Phi) is 9.56. The van der Waals surface area contributed by atoms with Crippen molar-refractivity contribution in [1.29, 1.82) is 0 Å². The van der Waals surface area contributed by atoms with Crippen LogP contribution in [0.5, 0.6) is 0 Å². The van der Waals surface area contributed by atoms with Crippen LogP contribution in [0, 0.1) is 5.92 Å². The maximum Gasteiger partial charge on any atom is 0.407 e. The average molecular weight is 539 g/mol. The Morgan fingerprint density at radius 3 is 2.53 bits per heavy atom. The Labute approximate surface area is 221 Å². The molecule has 0 unspecified atom stereocenters. The molecule has 3 rings (SSSR count). The van der Waals surface area contributed by atoms with Crippen molar-refractivity contribution in [2.45, 2.75) is 52.7 Å². The minimum Gasteiger partial charge on any atom is -0.461 e. The van der Waals surface area contributed by atoms with Gasteiger partial charge in [-0.15, -0.1) is 10.2 Å². The highest BCUT2D eigenvalue weighted by molar-refractivity contribution is 6.35. The number of halogens is 2. The summed E-state index contributed by atoms with van der Waals surface area (Å²) in [4.78, 5) is 30.9. The third kappa shape index (κ3) is 8.09. The molecular formula is C24H32Cl2N6O4. The number of hydrogen-bond donors (Lipinski definition) is 2. The number of carbonyl (C=O) groups excluding carboxylic acids is 2. The number of hydrogen-bond acceptors (Lipinski definition) is 9. The molecule has 196 valence electrons. The van der Waals surface area contributed by atoms with Gasteiger partial charge in [-0.05, 0) is 64.2 Å². The first-order valence-corrected chi connectivity index (χ1v) is 12.6. The summed E-state index contributed by atoms with van der Waals surface area (Å²) in [5.41, 5.74) is 0.259. The van der Waals surface area contributed by atoms with Crippen molar-refractivity contribution < 1.29 is 19.1 Å². The van der Waals surface area contributed by atoms with Gasteiger partial charge in [0.2, 0.25) is 11.6 Å². The second kappa shape index (κ2) is 12.4. The largest absolute Gasteiger partial charge is 0.461 e. The van der Waals surface area contributed by atoms with Crippen molar-refractivity contribution in [3.05, 3.63) is 39.5 Å². The zero-order valence-corrected chi connectivity index (χ0v) is 22.4. The summed E-state index contributed by atoms with van der Waals surface area (Å²) < 4.78 is 10.4. The lowest BCUT2D eigenvalue weighted by Gasteiger charge is -2.32. The van der Waals surface area contributed by atoms with Crippen LogP contribution in [-0.4, -0.2) is 59.1 Å². The number of carbonyl (C=O) groups is 2. The third-order valence-corrected chi connectivity index (χ3v) is 6.02. The van der Waals surface area contributed by atoms with E-state index in [0.29, 0.717) is 48.1 Å². The molecule has 1 aliphatic rings. The molecule has 0 radical (unpaired) electrons. The molecule has 36 heavy (non-hydrogen) atoms. The van der Waals surface area contributed by atoms with E-state index in [1.807, 2.05) is 25.7 Å². The van der Waals surface area contributed by atoms with Crippen molar-refractivity contribution in [2.75, 3.05) is 36.5 Å². The number of nitrogens with one attached hydrogen (secondary N) is 2. The summed E-state index contributed by atoms with van der Waals surface area (Å²) in [6, 6.07) is 5.19. The van der Waals surface area contributed by atoms with E-state index in [2.05, 4.69) is 25.8 Å². The molecule has 0 spiro atoms. The Hall–Kier alpha value is -2.85. The molecule has 2 N–H and O–H groups in total. The van der Waals surface area contributed by atoms with Crippen LogP contribution >= 0.6 is 23.2 Å². The highest BCUT2D eigenvalue weighted by Crippen LogP contribution is 2.25. The second-order valence-electron chi connectivity index (χ2n) is 9.43. The number of esters is 1. The number of ether oxygens (including phenoxy) is 2. The van der Waals surface area contributed by atoms with E-state index in [1.165, 1.54) is 0 Å². The highest BCUT2D eigenvalue weighted by Gasteiger charge is 2.25. The fourth-order valence-corrected chi connectivity index (χ4v) is 4.11. The molecule has 12 heteroatoms. The predicted octanol–water partition coefficient (Wildman–Crippen LogP) is 4.71. The highest BCUT2D eigenvalue weighted by atomic mass is 35.5. The Morgan fingerprint density at radius 2 is 1.89 bits per heavy atom. The van der Waals surface area contributed by atoms with Gasteiger partial charge in [-0.1, -0.05) is 29.3 Å². The maximum absolute atomic E-state index is 12.4. The third-order valence-electron chi connectivity index (χ3n) is 5.44. The molecule has 2 heterocycles. The van der Waals surface area contributed by atoms with Crippen LogP contribution < -0.4 is 15.5 Å². The molecule has 1 aliphatic heterocycles. The van der Waals surface area contributed by atoms with Crippen molar-refractivity contribution in [3.63, 3.8) is 0 Å². The predicted molar refractivity (Wildman–Crippen MR) is 139 cm³/mol. The second-order valence-corrected chi connectivity index (χ2v) is 10.3. The molecule has 0 saturated carbocycles. The van der Waals surface area contributed by atoms with Crippen molar-refractivity contribution in [1.82, 2.24) is 20.5 Å². The molecule has 0 bridgehead atoms. The summed E-state index contributed by atoms with van der Waals surface area (Å²) in [6.45, 7) is 9.63. The van der Waals surface area contributed by atoms with Crippen molar-refractivity contribution in [3.8, 4) is 0 Å². The smallest absolute Gasteiger partial charge is 0.407 e. The monoisotopic (exact) mass is 538 g/mol. The molecule has 1 fully saturated rings. The van der Waals surface area contributed by atoms with Gasteiger partial charge in [0.25, 0.3) is 0 Å². The van der Waals surface area contributed by atoms with E-state index >= 15 is 0 Å². The molecule has 0 atom stereocenters. The van der Waals surface area contributed by atoms with Gasteiger partial charge < -0.3 is 25.0 Å². The lowest BCUT2D eigenvalue weighted by atomic mass is 9.97. The molecule has 1 aromatic carbocycles. The fourth-order valence-electron chi connectivity index (χ4n) is 3.63. The summed E-state index contributed by atoms with van der Waals surface area (Å²) >= 11 is 12.3. The van der Waals surface area contributed by atoms with E-state index in [1.54, 1.807) is 25.1 Å². The van der Waals surface area contributed by atoms with E-state index in [9.17, 15) is 9.59 Å². The van der Waals surface area contributed by atoms with Gasteiger partial charge in [0, 0.05) is 36.2 Å². The molecule has 10 nitrogen and oxygen atoms in total. The number of nitrogens with zero attached hydrogens (tertiary/aromatic N) is 4. The van der Waals surface area contributed by atoms with Crippen molar-refractivity contribution in [2.24, 2.45) is 5.92 Å². The number of aromatic nitrogens is 3. The van der Waals surface area contributed by atoms with Crippen LogP contribution in [0.25, 0.3) is 0 Å². The van der Waals surface area contributed by atoms with Gasteiger partial charge >= 0.3 is 12.1 Å². The standard InChI is InChI=1S/C24H32Cl2N6O4/c1-5-35-21(33)19-20(27-14-16-6-7-17(25)12-18(16)26)29-22(31-30-19)32-10-8-15(9-11-32)13-28-23(34)36-24(2,3)4/h6-7,12,15H,5,8-11,13-14H2,1-4H3,(H,28,34)(H,27,29,31). The Balaban J connectivity index is 1.65. The van der Waals surface area contributed by atoms with Gasteiger partial charge in [-0.25, -0.2) is 9.59 Å². The Morgan fingerprint density at radius 1 is 1.17 bits per heavy atom. The lowest BCUT2D eigenvalue weighted by molar-refractivity contribution is 0.0506. The molecule has 1 saturated heterocycles. The number of amides is 1. The zero-order valence-electron chi connectivity index (χ0n) is 20.9. The fraction of sp³-hybridized carbons (Fsp3) is 0.542. The normalized spacial score (nSPS) is 14.3. The SMILES string of the molecule is CCOC(=O)c1nnc(N2CCC(CNC(=O)OC(C)(C)C)CC2)nc1NCc1ccc(Cl)cc1Cl. The van der Waals surface area contributed by atoms with Crippen LogP contribution in [-0.2, 0) is 16.0 Å². The van der Waals surface area contributed by atoms with Crippen LogP contribution in [0.2, 0.25) is 10.0 Å². The Bertz CT molecular complexity index is 1070. The van der Waals surface area contributed by atoms with Gasteiger partial charge in [-0.3, -0.25) is 0 Å². The van der Waals surface area contributed by atoms with Crippen LogP contribution in [0.4, 0.5) is 16.6 Å². The van der Waals surface area contributed by atoms with E-state index in [-0.39, 0.29) is 18.1 Å². The van der Waals surface area contributed by atoms with Crippen molar-refractivity contribution >= 4 is 47.0 Å². The first kappa shape index (κ1) is 27.7. The number of piperidine rings is 1. The topological polar surface area (TPSA) is 119 Å². The first-order chi connectivity index (χ1) is 17.1. The molecule has 1 aromatic heterocycles. The zero-order chi connectivity index (χ0) is 26.3. The quantitative estimate of drug-likeness (QED) is 0.460. The maximum atomic E-state index is 12.4. The van der Waals surface area contributed by atoms with Crippen LogP contribution in [0.15, 0.2) is 18.2 Å². The molecule has 1 amide bonds. The summed E-state index contributed by atoms with van der Waals surface area (Å²) in [6.07, 6.45) is 1.26. The van der Waals surface area contributed by atoms with Gasteiger partial charge in [0.05, 0.1) is 6.61 Å². The number of anilines is 2. The molecular weight excluding hydrogens is 507 g/mol. The molecule has 2 aromatic rings. The number of rotatable bonds is 8. The first-order valence-electron chi connectivity index (χ1n) is 11.9. The van der Waals surface area contributed by atoms with Gasteiger partial charge in [0.1, 0.15) is 5.60 Å². The summed E-state index contributed by atoms with van der Waals surface area (Å²) in [5, 5.41) is 15.3. The van der Waals surface area contributed by atoms with E-state index < -0.39 is 17.7 Å². The summed E-state index contributed by atoms with van der Waals surface area (Å²) in [7, 11) is 0. The molecule has 0 aliphatic carbocycles. The van der Waals surface area contributed by atoms with Crippen LogP contribution in [0.1, 0.15) is 56.6 Å². The van der Waals surface area contributed by atoms with Gasteiger partial charge in [0.15, 0.2) is 5.82 Å².